The molecule has 1 unspecified atom stereocenters. The summed E-state index contributed by atoms with van der Waals surface area (Å²) in [7, 11) is 1.51. The third-order valence-corrected chi connectivity index (χ3v) is 2.55. The maximum absolute atomic E-state index is 10.7. The normalized spacial score (nSPS) is 12.3. The average molecular weight is 230 g/mol. The Balaban J connectivity index is 2.11. The molecule has 0 aliphatic rings. The molecule has 1 aromatic carbocycles. The highest BCUT2D eigenvalue weighted by Crippen LogP contribution is 2.13. The van der Waals surface area contributed by atoms with Gasteiger partial charge in [-0.05, 0) is 5.56 Å². The highest BCUT2D eigenvalue weighted by Gasteiger charge is 2.11. The molecule has 17 heavy (non-hydrogen) atoms. The molecule has 2 aromatic rings. The number of rotatable bonds is 5. The molecular formula is C13H14N2O2. The molecule has 2 rings (SSSR count). The monoisotopic (exact) mass is 230 g/mol. The molecule has 1 aromatic heterocycles. The summed E-state index contributed by atoms with van der Waals surface area (Å²) in [6, 6.07) is 10.0. The summed E-state index contributed by atoms with van der Waals surface area (Å²) in [5.41, 5.74) is 1.95. The van der Waals surface area contributed by atoms with Crippen LogP contribution in [-0.2, 0) is 16.1 Å². The van der Waals surface area contributed by atoms with Crippen molar-refractivity contribution in [3.63, 3.8) is 0 Å². The molecule has 1 atom stereocenters. The minimum Gasteiger partial charge on any atom is -0.369 e. The second-order valence-electron chi connectivity index (χ2n) is 3.75. The quantitative estimate of drug-likeness (QED) is 0.736. The van der Waals surface area contributed by atoms with Crippen LogP contribution in [0.25, 0.3) is 0 Å². The molecule has 0 fully saturated rings. The topological polar surface area (TPSA) is 44.1 Å². The van der Waals surface area contributed by atoms with Gasteiger partial charge < -0.3 is 9.53 Å². The van der Waals surface area contributed by atoms with E-state index in [4.69, 9.17) is 4.74 Å². The second kappa shape index (κ2) is 5.41. The van der Waals surface area contributed by atoms with Crippen LogP contribution in [0.15, 0.2) is 42.7 Å². The minimum absolute atomic E-state index is 0.528. The van der Waals surface area contributed by atoms with Crippen molar-refractivity contribution in [3.8, 4) is 0 Å². The molecule has 0 spiro atoms. The largest absolute Gasteiger partial charge is 0.369 e. The summed E-state index contributed by atoms with van der Waals surface area (Å²) in [6.07, 6.45) is 3.73. The zero-order valence-corrected chi connectivity index (χ0v) is 9.61. The van der Waals surface area contributed by atoms with E-state index in [0.29, 0.717) is 6.54 Å². The van der Waals surface area contributed by atoms with Crippen LogP contribution in [-0.4, -0.2) is 23.2 Å². The van der Waals surface area contributed by atoms with E-state index in [1.165, 1.54) is 12.7 Å². The molecule has 0 aliphatic carbocycles. The molecular weight excluding hydrogens is 216 g/mol. The third kappa shape index (κ3) is 2.79. The Morgan fingerprint density at radius 2 is 2.18 bits per heavy atom. The lowest BCUT2D eigenvalue weighted by molar-refractivity contribution is -0.116. The van der Waals surface area contributed by atoms with Crippen molar-refractivity contribution in [2.45, 2.75) is 12.6 Å². The van der Waals surface area contributed by atoms with E-state index < -0.39 is 6.10 Å². The molecule has 0 bridgehead atoms. The molecule has 0 N–H and O–H groups in total. The SMILES string of the molecule is COC(C=O)c1cnn(Cc2ccccc2)c1. The molecule has 0 saturated heterocycles. The van der Waals surface area contributed by atoms with Crippen LogP contribution in [0.4, 0.5) is 0 Å². The number of ether oxygens (including phenoxy) is 1. The van der Waals surface area contributed by atoms with Crippen molar-refractivity contribution >= 4 is 6.29 Å². The second-order valence-corrected chi connectivity index (χ2v) is 3.75. The van der Waals surface area contributed by atoms with Crippen molar-refractivity contribution in [1.82, 2.24) is 9.78 Å². The Labute approximate surface area is 99.8 Å². The van der Waals surface area contributed by atoms with Gasteiger partial charge in [-0.25, -0.2) is 0 Å². The average Bonchev–Trinajstić information content (AvgIpc) is 2.81. The van der Waals surface area contributed by atoms with Crippen LogP contribution >= 0.6 is 0 Å². The van der Waals surface area contributed by atoms with Gasteiger partial charge in [0, 0.05) is 18.9 Å². The van der Waals surface area contributed by atoms with Crippen molar-refractivity contribution in [2.75, 3.05) is 7.11 Å². The number of aldehydes is 1. The first-order valence-corrected chi connectivity index (χ1v) is 5.38. The number of carbonyl (C=O) groups is 1. The van der Waals surface area contributed by atoms with E-state index in [0.717, 1.165) is 11.8 Å². The van der Waals surface area contributed by atoms with E-state index in [2.05, 4.69) is 5.10 Å². The van der Waals surface area contributed by atoms with Gasteiger partial charge in [0.2, 0.25) is 0 Å². The summed E-state index contributed by atoms with van der Waals surface area (Å²) < 4.78 is 6.82. The first-order valence-electron chi connectivity index (χ1n) is 5.38. The highest BCUT2D eigenvalue weighted by molar-refractivity contribution is 5.59. The Kier molecular flexibility index (Phi) is 3.67. The number of aromatic nitrogens is 2. The smallest absolute Gasteiger partial charge is 0.153 e. The molecule has 0 radical (unpaired) electrons. The maximum Gasteiger partial charge on any atom is 0.153 e. The highest BCUT2D eigenvalue weighted by atomic mass is 16.5. The van der Waals surface area contributed by atoms with E-state index in [9.17, 15) is 4.79 Å². The van der Waals surface area contributed by atoms with Gasteiger partial charge in [-0.1, -0.05) is 30.3 Å². The Hall–Kier alpha value is -1.94. The van der Waals surface area contributed by atoms with Gasteiger partial charge in [-0.2, -0.15) is 5.10 Å². The first kappa shape index (κ1) is 11.5. The minimum atomic E-state index is -0.528. The van der Waals surface area contributed by atoms with Gasteiger partial charge in [0.25, 0.3) is 0 Å². The van der Waals surface area contributed by atoms with Crippen LogP contribution in [0.2, 0.25) is 0 Å². The van der Waals surface area contributed by atoms with Crippen LogP contribution in [0.5, 0.6) is 0 Å². The van der Waals surface area contributed by atoms with Crippen LogP contribution in [0, 0.1) is 0 Å². The number of benzene rings is 1. The molecule has 0 amide bonds. The zero-order valence-electron chi connectivity index (χ0n) is 9.61. The molecule has 88 valence electrons. The van der Waals surface area contributed by atoms with Gasteiger partial charge in [0.15, 0.2) is 6.29 Å². The third-order valence-electron chi connectivity index (χ3n) is 2.55. The van der Waals surface area contributed by atoms with Crippen molar-refractivity contribution in [2.24, 2.45) is 0 Å². The molecule has 4 heteroatoms. The van der Waals surface area contributed by atoms with Gasteiger partial charge >= 0.3 is 0 Å². The van der Waals surface area contributed by atoms with Crippen LogP contribution < -0.4 is 0 Å². The lowest BCUT2D eigenvalue weighted by Gasteiger charge is -2.04. The maximum atomic E-state index is 10.7. The van der Waals surface area contributed by atoms with Crippen LogP contribution in [0.3, 0.4) is 0 Å². The standard InChI is InChI=1S/C13H14N2O2/c1-17-13(10-16)12-7-14-15(9-12)8-11-5-3-2-4-6-11/h2-7,9-10,13H,8H2,1H3. The molecule has 0 saturated carbocycles. The van der Waals surface area contributed by atoms with Gasteiger partial charge in [-0.3, -0.25) is 4.68 Å². The van der Waals surface area contributed by atoms with Crippen molar-refractivity contribution in [1.29, 1.82) is 0 Å². The van der Waals surface area contributed by atoms with Gasteiger partial charge in [0.05, 0.1) is 12.7 Å². The Morgan fingerprint density at radius 3 is 2.82 bits per heavy atom. The molecule has 0 aliphatic heterocycles. The summed E-state index contributed by atoms with van der Waals surface area (Å²) in [4.78, 5) is 10.7. The number of hydrogen-bond acceptors (Lipinski definition) is 3. The lowest BCUT2D eigenvalue weighted by Crippen LogP contribution is -2.02. The van der Waals surface area contributed by atoms with E-state index in [-0.39, 0.29) is 0 Å². The van der Waals surface area contributed by atoms with Crippen molar-refractivity contribution < 1.29 is 9.53 Å². The van der Waals surface area contributed by atoms with Gasteiger partial charge in [-0.15, -0.1) is 0 Å². The van der Waals surface area contributed by atoms with Crippen LogP contribution in [0.1, 0.15) is 17.2 Å². The lowest BCUT2D eigenvalue weighted by atomic mass is 10.2. The summed E-state index contributed by atoms with van der Waals surface area (Å²) in [5.74, 6) is 0. The Bertz CT molecular complexity index is 479. The zero-order chi connectivity index (χ0) is 12.1. The fourth-order valence-electron chi connectivity index (χ4n) is 1.65. The van der Waals surface area contributed by atoms with E-state index in [1.54, 1.807) is 10.9 Å². The number of nitrogens with zero attached hydrogens (tertiary/aromatic N) is 2. The van der Waals surface area contributed by atoms with E-state index >= 15 is 0 Å². The van der Waals surface area contributed by atoms with Crippen molar-refractivity contribution in [3.05, 3.63) is 53.9 Å². The summed E-state index contributed by atoms with van der Waals surface area (Å²) >= 11 is 0. The predicted octanol–water partition coefficient (Wildman–Crippen LogP) is 1.82. The Morgan fingerprint density at radius 1 is 1.41 bits per heavy atom. The summed E-state index contributed by atoms with van der Waals surface area (Å²) in [6.45, 7) is 0.691. The fraction of sp³-hybridized carbons (Fsp3) is 0.231. The number of carbonyl (C=O) groups excluding carboxylic acids is 1. The summed E-state index contributed by atoms with van der Waals surface area (Å²) in [5, 5.41) is 4.21. The predicted molar refractivity (Wildman–Crippen MR) is 63.6 cm³/mol. The first-order chi connectivity index (χ1) is 8.33. The fourth-order valence-corrected chi connectivity index (χ4v) is 1.65. The number of methoxy groups -OCH3 is 1. The number of hydrogen-bond donors (Lipinski definition) is 0. The van der Waals surface area contributed by atoms with Gasteiger partial charge in [0.1, 0.15) is 6.10 Å². The molecule has 4 nitrogen and oxygen atoms in total. The van der Waals surface area contributed by atoms with E-state index in [1.807, 2.05) is 36.5 Å². The molecule has 1 heterocycles.